The first-order valence-corrected chi connectivity index (χ1v) is 5.78. The van der Waals surface area contributed by atoms with E-state index in [9.17, 15) is 8.78 Å². The van der Waals surface area contributed by atoms with Crippen molar-refractivity contribution in [3.8, 4) is 0 Å². The Kier molecular flexibility index (Phi) is 4.82. The SMILES string of the molecule is C=CCC(C)NC(C)c1cc(F)c(C)cc1F. The van der Waals surface area contributed by atoms with Crippen LogP contribution >= 0.6 is 0 Å². The van der Waals surface area contributed by atoms with Crippen LogP contribution in [0.25, 0.3) is 0 Å². The van der Waals surface area contributed by atoms with Gasteiger partial charge in [-0.25, -0.2) is 8.78 Å². The first kappa shape index (κ1) is 13.8. The van der Waals surface area contributed by atoms with Crippen molar-refractivity contribution < 1.29 is 8.78 Å². The molecule has 2 atom stereocenters. The number of halogens is 2. The fraction of sp³-hybridized carbons (Fsp3) is 0.429. The molecule has 0 heterocycles. The average molecular weight is 239 g/mol. The van der Waals surface area contributed by atoms with Crippen LogP contribution in [0.4, 0.5) is 8.78 Å². The van der Waals surface area contributed by atoms with Crippen molar-refractivity contribution >= 4 is 0 Å². The van der Waals surface area contributed by atoms with Gasteiger partial charge in [-0.3, -0.25) is 0 Å². The molecule has 1 aromatic rings. The Labute approximate surface area is 102 Å². The van der Waals surface area contributed by atoms with Crippen molar-refractivity contribution in [2.75, 3.05) is 0 Å². The lowest BCUT2D eigenvalue weighted by molar-refractivity contribution is 0.460. The smallest absolute Gasteiger partial charge is 0.128 e. The van der Waals surface area contributed by atoms with Gasteiger partial charge in [-0.05, 0) is 44.9 Å². The highest BCUT2D eigenvalue weighted by Gasteiger charge is 2.15. The average Bonchev–Trinajstić information content (AvgIpc) is 2.23. The van der Waals surface area contributed by atoms with Gasteiger partial charge in [-0.15, -0.1) is 6.58 Å². The molecule has 0 bridgehead atoms. The van der Waals surface area contributed by atoms with E-state index in [1.165, 1.54) is 12.1 Å². The standard InChI is InChI=1S/C14H19F2N/c1-5-6-10(3)17-11(4)12-8-13(15)9(2)7-14(12)16/h5,7-8,10-11,17H,1,6H2,2-4H3. The van der Waals surface area contributed by atoms with E-state index in [0.29, 0.717) is 11.1 Å². The van der Waals surface area contributed by atoms with Gasteiger partial charge in [0, 0.05) is 17.6 Å². The van der Waals surface area contributed by atoms with Crippen molar-refractivity contribution in [3.05, 3.63) is 47.5 Å². The lowest BCUT2D eigenvalue weighted by atomic mass is 10.0. The zero-order chi connectivity index (χ0) is 13.0. The highest BCUT2D eigenvalue weighted by atomic mass is 19.1. The second-order valence-corrected chi connectivity index (χ2v) is 4.44. The molecule has 0 fully saturated rings. The molecule has 0 aliphatic rings. The highest BCUT2D eigenvalue weighted by Crippen LogP contribution is 2.21. The van der Waals surface area contributed by atoms with Gasteiger partial charge in [0.15, 0.2) is 0 Å². The molecule has 0 aliphatic heterocycles. The van der Waals surface area contributed by atoms with Crippen molar-refractivity contribution in [3.63, 3.8) is 0 Å². The first-order valence-electron chi connectivity index (χ1n) is 5.78. The van der Waals surface area contributed by atoms with Gasteiger partial charge in [0.25, 0.3) is 0 Å². The van der Waals surface area contributed by atoms with Crippen molar-refractivity contribution in [2.45, 2.75) is 39.3 Å². The maximum Gasteiger partial charge on any atom is 0.128 e. The number of aryl methyl sites for hydroxylation is 1. The zero-order valence-electron chi connectivity index (χ0n) is 10.6. The summed E-state index contributed by atoms with van der Waals surface area (Å²) >= 11 is 0. The number of hydrogen-bond donors (Lipinski definition) is 1. The number of benzene rings is 1. The number of rotatable bonds is 5. The number of hydrogen-bond acceptors (Lipinski definition) is 1. The van der Waals surface area contributed by atoms with Crippen LogP contribution in [0.3, 0.4) is 0 Å². The Hall–Kier alpha value is -1.22. The predicted molar refractivity (Wildman–Crippen MR) is 66.9 cm³/mol. The lowest BCUT2D eigenvalue weighted by Crippen LogP contribution is -2.29. The molecule has 1 N–H and O–H groups in total. The molecule has 0 saturated carbocycles. The Morgan fingerprint density at radius 1 is 1.29 bits per heavy atom. The van der Waals surface area contributed by atoms with Gasteiger partial charge in [0.1, 0.15) is 11.6 Å². The van der Waals surface area contributed by atoms with Crippen molar-refractivity contribution in [1.82, 2.24) is 5.32 Å². The molecule has 17 heavy (non-hydrogen) atoms. The second kappa shape index (κ2) is 5.92. The van der Waals surface area contributed by atoms with Crippen LogP contribution in [0, 0.1) is 18.6 Å². The fourth-order valence-electron chi connectivity index (χ4n) is 1.83. The van der Waals surface area contributed by atoms with Crippen LogP contribution in [-0.2, 0) is 0 Å². The molecule has 0 saturated heterocycles. The maximum atomic E-state index is 13.7. The minimum absolute atomic E-state index is 0.186. The normalized spacial score (nSPS) is 14.4. The number of nitrogens with one attached hydrogen (secondary N) is 1. The minimum atomic E-state index is -0.369. The fourth-order valence-corrected chi connectivity index (χ4v) is 1.83. The molecule has 3 heteroatoms. The molecule has 0 amide bonds. The molecule has 1 aromatic carbocycles. The quantitative estimate of drug-likeness (QED) is 0.769. The van der Waals surface area contributed by atoms with Crippen molar-refractivity contribution in [1.29, 1.82) is 0 Å². The Morgan fingerprint density at radius 2 is 1.94 bits per heavy atom. The zero-order valence-corrected chi connectivity index (χ0v) is 10.6. The van der Waals surface area contributed by atoms with Gasteiger partial charge in [-0.2, -0.15) is 0 Å². The summed E-state index contributed by atoms with van der Waals surface area (Å²) in [6.07, 6.45) is 2.59. The van der Waals surface area contributed by atoms with Crippen LogP contribution < -0.4 is 5.32 Å². The predicted octanol–water partition coefficient (Wildman–Crippen LogP) is 3.89. The summed E-state index contributed by atoms with van der Waals surface area (Å²) in [6.45, 7) is 9.02. The molecular weight excluding hydrogens is 220 g/mol. The molecular formula is C14H19F2N. The third kappa shape index (κ3) is 3.63. The van der Waals surface area contributed by atoms with E-state index in [4.69, 9.17) is 0 Å². The van der Waals surface area contributed by atoms with Gasteiger partial charge in [-0.1, -0.05) is 6.08 Å². The molecule has 0 aromatic heterocycles. The highest BCUT2D eigenvalue weighted by molar-refractivity contribution is 5.27. The van der Waals surface area contributed by atoms with Crippen LogP contribution in [0.2, 0.25) is 0 Å². The summed E-state index contributed by atoms with van der Waals surface area (Å²) < 4.78 is 27.1. The Bertz CT molecular complexity index is 401. The summed E-state index contributed by atoms with van der Waals surface area (Å²) in [6, 6.07) is 2.47. The minimum Gasteiger partial charge on any atom is -0.307 e. The van der Waals surface area contributed by atoms with Crippen LogP contribution in [0.1, 0.15) is 37.4 Å². The third-order valence-electron chi connectivity index (χ3n) is 2.80. The molecule has 2 unspecified atom stereocenters. The van der Waals surface area contributed by atoms with Crippen LogP contribution in [0.15, 0.2) is 24.8 Å². The van der Waals surface area contributed by atoms with Gasteiger partial charge >= 0.3 is 0 Å². The van der Waals surface area contributed by atoms with E-state index in [1.54, 1.807) is 13.0 Å². The van der Waals surface area contributed by atoms with Crippen molar-refractivity contribution in [2.24, 2.45) is 0 Å². The molecule has 0 spiro atoms. The summed E-state index contributed by atoms with van der Waals surface area (Å²) in [4.78, 5) is 0. The van der Waals surface area contributed by atoms with Gasteiger partial charge in [0.05, 0.1) is 0 Å². The van der Waals surface area contributed by atoms with E-state index in [2.05, 4.69) is 11.9 Å². The Morgan fingerprint density at radius 3 is 2.53 bits per heavy atom. The van der Waals surface area contributed by atoms with E-state index in [1.807, 2.05) is 13.8 Å². The maximum absolute atomic E-state index is 13.7. The van der Waals surface area contributed by atoms with E-state index in [0.717, 1.165) is 6.42 Å². The third-order valence-corrected chi connectivity index (χ3v) is 2.80. The van der Waals surface area contributed by atoms with Gasteiger partial charge in [0.2, 0.25) is 0 Å². The topological polar surface area (TPSA) is 12.0 Å². The van der Waals surface area contributed by atoms with Crippen LogP contribution in [-0.4, -0.2) is 6.04 Å². The van der Waals surface area contributed by atoms with Gasteiger partial charge < -0.3 is 5.32 Å². The molecule has 0 radical (unpaired) electrons. The lowest BCUT2D eigenvalue weighted by Gasteiger charge is -2.20. The molecule has 1 rings (SSSR count). The van der Waals surface area contributed by atoms with E-state index < -0.39 is 0 Å². The molecule has 0 aliphatic carbocycles. The summed E-state index contributed by atoms with van der Waals surface area (Å²) in [5.41, 5.74) is 0.696. The second-order valence-electron chi connectivity index (χ2n) is 4.44. The summed E-state index contributed by atoms with van der Waals surface area (Å²) in [7, 11) is 0. The van der Waals surface area contributed by atoms with E-state index >= 15 is 0 Å². The summed E-state index contributed by atoms with van der Waals surface area (Å²) in [5.74, 6) is -0.735. The van der Waals surface area contributed by atoms with E-state index in [-0.39, 0.29) is 23.7 Å². The molecule has 94 valence electrons. The Balaban J connectivity index is 2.85. The van der Waals surface area contributed by atoms with Crippen LogP contribution in [0.5, 0.6) is 0 Å². The summed E-state index contributed by atoms with van der Waals surface area (Å²) in [5, 5.41) is 3.21. The molecule has 1 nitrogen and oxygen atoms in total. The monoisotopic (exact) mass is 239 g/mol. The first-order chi connectivity index (χ1) is 7.95. The largest absolute Gasteiger partial charge is 0.307 e.